The van der Waals surface area contributed by atoms with Gasteiger partial charge in [-0.25, -0.2) is 4.57 Å². The number of hydrogen-bond acceptors (Lipinski definition) is 12. The van der Waals surface area contributed by atoms with Crippen molar-refractivity contribution in [1.29, 1.82) is 0 Å². The number of allylic oxidation sites excluding steroid dienone is 2. The summed E-state index contributed by atoms with van der Waals surface area (Å²) < 4.78 is 32.6. The SMILES string of the molecule is CCCCC[C@H](O)/C=C/[C@H]1[C@H](O)CC(=O)[C@@H]1C/C=C\CCCC(=O)OC[C@H](COP(=O)(O)OC[C@@H](O)CO)OC(=O)CCCCCCCCCCCCC(C)CC. The van der Waals surface area contributed by atoms with Crippen LogP contribution in [0, 0.1) is 17.8 Å². The Morgan fingerprint density at radius 3 is 2.09 bits per heavy atom. The molecule has 0 aromatic heterocycles. The number of aliphatic hydroxyl groups excluding tert-OH is 4. The van der Waals surface area contributed by atoms with E-state index in [1.807, 2.05) is 12.2 Å². The van der Waals surface area contributed by atoms with Gasteiger partial charge in [0.2, 0.25) is 0 Å². The minimum atomic E-state index is -4.68. The summed E-state index contributed by atoms with van der Waals surface area (Å²) in [6.45, 7) is 4.29. The molecule has 8 atom stereocenters. The van der Waals surface area contributed by atoms with Gasteiger partial charge in [-0.05, 0) is 38.0 Å². The van der Waals surface area contributed by atoms with E-state index in [9.17, 15) is 39.2 Å². The number of phosphoric acid groups is 1. The Morgan fingerprint density at radius 2 is 1.44 bits per heavy atom. The molecule has 0 amide bonds. The van der Waals surface area contributed by atoms with Crippen molar-refractivity contribution in [3.05, 3.63) is 24.3 Å². The fraction of sp³-hybridized carbons (Fsp3) is 0.837. The van der Waals surface area contributed by atoms with E-state index in [0.717, 1.165) is 44.4 Å². The van der Waals surface area contributed by atoms with Gasteiger partial charge in [0, 0.05) is 31.1 Å². The van der Waals surface area contributed by atoms with Crippen molar-refractivity contribution < 1.29 is 62.8 Å². The van der Waals surface area contributed by atoms with Crippen LogP contribution in [0.2, 0.25) is 0 Å². The van der Waals surface area contributed by atoms with Crippen molar-refractivity contribution in [1.82, 2.24) is 0 Å². The van der Waals surface area contributed by atoms with Crippen LogP contribution in [-0.4, -0.2) is 93.9 Å². The highest BCUT2D eigenvalue weighted by Gasteiger charge is 2.39. The van der Waals surface area contributed by atoms with Gasteiger partial charge in [0.15, 0.2) is 6.10 Å². The van der Waals surface area contributed by atoms with Crippen LogP contribution in [0.15, 0.2) is 24.3 Å². The Morgan fingerprint density at radius 1 is 0.825 bits per heavy atom. The molecule has 0 bridgehead atoms. The standard InChI is InChI=1S/C43H77O13P/c1-4-6-17-23-35(45)27-28-39-38(40(47)29-41(39)48)24-19-15-16-20-25-42(49)53-32-37(33-55-57(51,52)54-31-36(46)30-44)56-43(50)26-21-14-12-10-8-7-9-11-13-18-22-34(3)5-2/h15,19,27-28,34-39,41,44-46,48H,4-14,16-18,20-26,29-33H2,1-3H3,(H,51,52)/b19-15-,28-27+/t34?,35-,36-,37+,38+,39+,41+/m0/s1. The average Bonchev–Trinajstić information content (AvgIpc) is 3.46. The molecule has 13 nitrogen and oxygen atoms in total. The molecular formula is C43H77O13P. The third-order valence-corrected chi connectivity index (χ3v) is 11.5. The predicted molar refractivity (Wildman–Crippen MR) is 220 cm³/mol. The van der Waals surface area contributed by atoms with E-state index >= 15 is 0 Å². The van der Waals surface area contributed by atoms with Crippen LogP contribution in [0.1, 0.15) is 162 Å². The fourth-order valence-corrected chi connectivity index (χ4v) is 7.45. The number of ketones is 1. The lowest BCUT2D eigenvalue weighted by Crippen LogP contribution is -2.29. The smallest absolute Gasteiger partial charge is 0.462 e. The predicted octanol–water partition coefficient (Wildman–Crippen LogP) is 7.84. The van der Waals surface area contributed by atoms with E-state index in [2.05, 4.69) is 25.3 Å². The number of aliphatic hydroxyl groups is 4. The summed E-state index contributed by atoms with van der Waals surface area (Å²) in [5, 5.41) is 39.0. The fourth-order valence-electron chi connectivity index (χ4n) is 6.66. The summed E-state index contributed by atoms with van der Waals surface area (Å²) in [6.07, 6.45) is 22.3. The van der Waals surface area contributed by atoms with E-state index in [-0.39, 0.29) is 36.9 Å². The second-order valence-electron chi connectivity index (χ2n) is 15.7. The minimum absolute atomic E-state index is 0.0175. The normalized spacial score (nSPS) is 20.5. The van der Waals surface area contributed by atoms with Gasteiger partial charge < -0.3 is 34.8 Å². The third kappa shape index (κ3) is 27.4. The van der Waals surface area contributed by atoms with Crippen molar-refractivity contribution in [3.63, 3.8) is 0 Å². The van der Waals surface area contributed by atoms with Crippen molar-refractivity contribution in [3.8, 4) is 0 Å². The van der Waals surface area contributed by atoms with Crippen LogP contribution in [0.25, 0.3) is 0 Å². The van der Waals surface area contributed by atoms with E-state index in [0.29, 0.717) is 32.1 Å². The van der Waals surface area contributed by atoms with E-state index in [1.165, 1.54) is 51.4 Å². The molecule has 14 heteroatoms. The third-order valence-electron chi connectivity index (χ3n) is 10.5. The molecule has 1 fully saturated rings. The van der Waals surface area contributed by atoms with Crippen LogP contribution >= 0.6 is 7.82 Å². The maximum Gasteiger partial charge on any atom is 0.472 e. The summed E-state index contributed by atoms with van der Waals surface area (Å²) in [7, 11) is -4.68. The molecule has 1 aliphatic carbocycles. The maximum absolute atomic E-state index is 12.6. The molecule has 2 unspecified atom stereocenters. The number of ether oxygens (including phenoxy) is 2. The first kappa shape index (κ1) is 53.1. The zero-order valence-electron chi connectivity index (χ0n) is 35.2. The highest BCUT2D eigenvalue weighted by Crippen LogP contribution is 2.43. The van der Waals surface area contributed by atoms with Crippen LogP contribution in [0.4, 0.5) is 0 Å². The van der Waals surface area contributed by atoms with Crippen LogP contribution in [0.5, 0.6) is 0 Å². The second kappa shape index (κ2) is 32.8. The van der Waals surface area contributed by atoms with Crippen molar-refractivity contribution in [2.75, 3.05) is 26.4 Å². The number of rotatable bonds is 36. The largest absolute Gasteiger partial charge is 0.472 e. The van der Waals surface area contributed by atoms with Gasteiger partial charge in [-0.2, -0.15) is 0 Å². The molecule has 0 saturated heterocycles. The number of phosphoric ester groups is 1. The van der Waals surface area contributed by atoms with Crippen molar-refractivity contribution in [2.45, 2.75) is 186 Å². The van der Waals surface area contributed by atoms with Crippen LogP contribution < -0.4 is 0 Å². The lowest BCUT2D eigenvalue weighted by molar-refractivity contribution is -0.161. The number of hydrogen-bond donors (Lipinski definition) is 5. The summed E-state index contributed by atoms with van der Waals surface area (Å²) in [6, 6.07) is 0. The Bertz CT molecular complexity index is 1180. The van der Waals surface area contributed by atoms with Gasteiger partial charge in [-0.1, -0.05) is 135 Å². The molecule has 5 N–H and O–H groups in total. The Labute approximate surface area is 342 Å². The molecule has 0 radical (unpaired) electrons. The monoisotopic (exact) mass is 833 g/mol. The van der Waals surface area contributed by atoms with Crippen molar-refractivity contribution in [2.24, 2.45) is 17.8 Å². The molecule has 1 aliphatic rings. The molecule has 0 aliphatic heterocycles. The summed E-state index contributed by atoms with van der Waals surface area (Å²) in [4.78, 5) is 47.7. The molecule has 332 valence electrons. The number of carbonyl (C=O) groups is 3. The first-order chi connectivity index (χ1) is 27.3. The highest BCUT2D eigenvalue weighted by molar-refractivity contribution is 7.47. The molecule has 0 spiro atoms. The highest BCUT2D eigenvalue weighted by atomic mass is 31.2. The van der Waals surface area contributed by atoms with E-state index < -0.39 is 70.6 Å². The number of carbonyl (C=O) groups excluding carboxylic acids is 3. The summed E-state index contributed by atoms with van der Waals surface area (Å²) in [5.74, 6) is -1.06. The lowest BCUT2D eigenvalue weighted by atomic mass is 9.90. The van der Waals surface area contributed by atoms with Gasteiger partial charge in [-0.3, -0.25) is 23.4 Å². The molecule has 0 aromatic carbocycles. The maximum atomic E-state index is 12.6. The second-order valence-corrected chi connectivity index (χ2v) is 17.2. The average molecular weight is 833 g/mol. The Hall–Kier alpha value is -1.96. The number of esters is 2. The van der Waals surface area contributed by atoms with E-state index in [4.69, 9.17) is 19.1 Å². The van der Waals surface area contributed by atoms with Gasteiger partial charge in [0.25, 0.3) is 0 Å². The summed E-state index contributed by atoms with van der Waals surface area (Å²) >= 11 is 0. The minimum Gasteiger partial charge on any atom is -0.462 e. The first-order valence-corrected chi connectivity index (χ1v) is 23.3. The topological polar surface area (TPSA) is 206 Å². The zero-order chi connectivity index (χ0) is 42.3. The number of Topliss-reactive ketones (excluding diaryl/α,β-unsaturated/α-hetero) is 1. The molecular weight excluding hydrogens is 755 g/mol. The molecule has 1 saturated carbocycles. The quantitative estimate of drug-likeness (QED) is 0.0177. The molecule has 0 aromatic rings. The van der Waals surface area contributed by atoms with Gasteiger partial charge in [0.05, 0.1) is 32.0 Å². The number of unbranched alkanes of at least 4 members (excludes halogenated alkanes) is 12. The van der Waals surface area contributed by atoms with Gasteiger partial charge in [0.1, 0.15) is 18.5 Å². The zero-order valence-corrected chi connectivity index (χ0v) is 36.1. The van der Waals surface area contributed by atoms with Crippen LogP contribution in [0.3, 0.4) is 0 Å². The Balaban J connectivity index is 2.48. The van der Waals surface area contributed by atoms with E-state index in [1.54, 1.807) is 12.2 Å². The molecule has 57 heavy (non-hydrogen) atoms. The molecule has 1 rings (SSSR count). The van der Waals surface area contributed by atoms with Gasteiger partial charge >= 0.3 is 19.8 Å². The first-order valence-electron chi connectivity index (χ1n) is 21.8. The Kier molecular flexibility index (Phi) is 30.6. The van der Waals surface area contributed by atoms with Crippen LogP contribution in [-0.2, 0) is 37.5 Å². The molecule has 0 heterocycles. The van der Waals surface area contributed by atoms with Gasteiger partial charge in [-0.15, -0.1) is 0 Å². The lowest BCUT2D eigenvalue weighted by Gasteiger charge is -2.20. The summed E-state index contributed by atoms with van der Waals surface area (Å²) in [5.41, 5.74) is 0. The van der Waals surface area contributed by atoms with Crippen molar-refractivity contribution >= 4 is 25.5 Å².